The summed E-state index contributed by atoms with van der Waals surface area (Å²) in [5.74, 6) is 0.355. The molecular formula is C20H18O6. The fraction of sp³-hybridized carbons (Fsp3) is 0.200. The molecule has 3 aromatic rings. The number of hydrogen-bond donors (Lipinski definition) is 1. The molecule has 0 bridgehead atoms. The van der Waals surface area contributed by atoms with Crippen LogP contribution < -0.4 is 10.2 Å². The van der Waals surface area contributed by atoms with Gasteiger partial charge < -0.3 is 19.0 Å². The van der Waals surface area contributed by atoms with Gasteiger partial charge in [-0.3, -0.25) is 4.79 Å². The van der Waals surface area contributed by atoms with Crippen molar-refractivity contribution < 1.29 is 23.8 Å². The van der Waals surface area contributed by atoms with Crippen molar-refractivity contribution in [2.75, 3.05) is 6.61 Å². The van der Waals surface area contributed by atoms with Gasteiger partial charge in [-0.05, 0) is 49.7 Å². The summed E-state index contributed by atoms with van der Waals surface area (Å²) in [6, 6.07) is 10.6. The second-order valence-corrected chi connectivity index (χ2v) is 5.76. The molecule has 0 fully saturated rings. The summed E-state index contributed by atoms with van der Waals surface area (Å²) in [6.07, 6.45) is 0.752. The summed E-state index contributed by atoms with van der Waals surface area (Å²) < 4.78 is 16.3. The van der Waals surface area contributed by atoms with E-state index >= 15 is 0 Å². The normalized spacial score (nSPS) is 10.7. The zero-order valence-corrected chi connectivity index (χ0v) is 14.4. The minimum absolute atomic E-state index is 0.0132. The van der Waals surface area contributed by atoms with Crippen LogP contribution in [-0.2, 0) is 4.74 Å². The van der Waals surface area contributed by atoms with Gasteiger partial charge in [0.2, 0.25) is 11.2 Å². The zero-order valence-electron chi connectivity index (χ0n) is 14.4. The van der Waals surface area contributed by atoms with Crippen molar-refractivity contribution in [2.45, 2.75) is 20.3 Å². The first-order valence-corrected chi connectivity index (χ1v) is 8.21. The molecule has 2 aromatic carbocycles. The van der Waals surface area contributed by atoms with Gasteiger partial charge in [-0.1, -0.05) is 6.92 Å². The number of fused-ring (bicyclic) bond motifs is 1. The molecular weight excluding hydrogens is 336 g/mol. The SMILES string of the molecule is CCCOC(=O)c1ccc(Oc2c(C)oc3cc(O)ccc3c2=O)cc1. The predicted octanol–water partition coefficient (Wildman–Crippen LogP) is 4.17. The highest BCUT2D eigenvalue weighted by molar-refractivity contribution is 5.89. The third-order valence-electron chi connectivity index (χ3n) is 3.75. The van der Waals surface area contributed by atoms with Gasteiger partial charge in [-0.15, -0.1) is 0 Å². The maximum atomic E-state index is 12.6. The average Bonchev–Trinajstić information content (AvgIpc) is 2.63. The van der Waals surface area contributed by atoms with Gasteiger partial charge in [0.1, 0.15) is 22.8 Å². The second kappa shape index (κ2) is 7.31. The zero-order chi connectivity index (χ0) is 18.7. The molecule has 134 valence electrons. The molecule has 0 aliphatic rings. The Bertz CT molecular complexity index is 1000. The Morgan fingerprint density at radius 1 is 1.15 bits per heavy atom. The van der Waals surface area contributed by atoms with Crippen LogP contribution >= 0.6 is 0 Å². The van der Waals surface area contributed by atoms with Crippen LogP contribution in [-0.4, -0.2) is 17.7 Å². The first-order valence-electron chi connectivity index (χ1n) is 8.21. The number of rotatable bonds is 5. The van der Waals surface area contributed by atoms with Crippen molar-refractivity contribution in [1.29, 1.82) is 0 Å². The van der Waals surface area contributed by atoms with Crippen LogP contribution in [0.2, 0.25) is 0 Å². The molecule has 3 rings (SSSR count). The molecule has 1 N–H and O–H groups in total. The number of esters is 1. The summed E-state index contributed by atoms with van der Waals surface area (Å²) in [6.45, 7) is 3.89. The van der Waals surface area contributed by atoms with Crippen LogP contribution in [0.15, 0.2) is 51.7 Å². The number of phenolic OH excluding ortho intramolecular Hbond substituents is 1. The molecule has 1 heterocycles. The predicted molar refractivity (Wildman–Crippen MR) is 96.0 cm³/mol. The van der Waals surface area contributed by atoms with E-state index in [1.54, 1.807) is 31.2 Å². The molecule has 0 saturated heterocycles. The first kappa shape index (κ1) is 17.5. The molecule has 0 unspecified atom stereocenters. The number of ether oxygens (including phenoxy) is 2. The third-order valence-corrected chi connectivity index (χ3v) is 3.75. The number of aromatic hydroxyl groups is 1. The van der Waals surface area contributed by atoms with Crippen molar-refractivity contribution >= 4 is 16.9 Å². The van der Waals surface area contributed by atoms with Gasteiger partial charge in [0.25, 0.3) is 0 Å². The Morgan fingerprint density at radius 2 is 1.88 bits per heavy atom. The van der Waals surface area contributed by atoms with E-state index in [0.29, 0.717) is 29.1 Å². The number of phenols is 1. The quantitative estimate of drug-likeness (QED) is 0.692. The van der Waals surface area contributed by atoms with Crippen LogP contribution in [0.25, 0.3) is 11.0 Å². The number of carbonyl (C=O) groups is 1. The Balaban J connectivity index is 1.88. The summed E-state index contributed by atoms with van der Waals surface area (Å²) in [5.41, 5.74) is 0.354. The van der Waals surface area contributed by atoms with Crippen LogP contribution in [0, 0.1) is 6.92 Å². The van der Waals surface area contributed by atoms with E-state index < -0.39 is 5.97 Å². The molecule has 0 aliphatic carbocycles. The fourth-order valence-electron chi connectivity index (χ4n) is 2.45. The van der Waals surface area contributed by atoms with Gasteiger partial charge >= 0.3 is 5.97 Å². The fourth-order valence-corrected chi connectivity index (χ4v) is 2.45. The molecule has 1 aromatic heterocycles. The van der Waals surface area contributed by atoms with Crippen LogP contribution in [0.3, 0.4) is 0 Å². The highest BCUT2D eigenvalue weighted by atomic mass is 16.5. The Morgan fingerprint density at radius 3 is 2.58 bits per heavy atom. The van der Waals surface area contributed by atoms with E-state index in [0.717, 1.165) is 6.42 Å². The maximum Gasteiger partial charge on any atom is 0.338 e. The third kappa shape index (κ3) is 3.54. The highest BCUT2D eigenvalue weighted by Gasteiger charge is 2.15. The number of aryl methyl sites for hydroxylation is 1. The largest absolute Gasteiger partial charge is 0.508 e. The van der Waals surface area contributed by atoms with E-state index in [1.807, 2.05) is 6.92 Å². The van der Waals surface area contributed by atoms with Crippen molar-refractivity contribution in [3.05, 3.63) is 64.0 Å². The molecule has 0 amide bonds. The minimum Gasteiger partial charge on any atom is -0.508 e. The summed E-state index contributed by atoms with van der Waals surface area (Å²) in [4.78, 5) is 24.4. The molecule has 26 heavy (non-hydrogen) atoms. The Hall–Kier alpha value is -3.28. The lowest BCUT2D eigenvalue weighted by molar-refractivity contribution is 0.0505. The lowest BCUT2D eigenvalue weighted by Crippen LogP contribution is -2.08. The summed E-state index contributed by atoms with van der Waals surface area (Å²) in [5, 5.41) is 9.82. The van der Waals surface area contributed by atoms with E-state index in [2.05, 4.69) is 0 Å². The molecule has 0 radical (unpaired) electrons. The lowest BCUT2D eigenvalue weighted by Gasteiger charge is -2.09. The van der Waals surface area contributed by atoms with Crippen molar-refractivity contribution in [3.63, 3.8) is 0 Å². The summed E-state index contributed by atoms with van der Waals surface area (Å²) >= 11 is 0. The van der Waals surface area contributed by atoms with Crippen LogP contribution in [0.4, 0.5) is 0 Å². The highest BCUT2D eigenvalue weighted by Crippen LogP contribution is 2.27. The van der Waals surface area contributed by atoms with Crippen molar-refractivity contribution in [2.24, 2.45) is 0 Å². The topological polar surface area (TPSA) is 86.0 Å². The van der Waals surface area contributed by atoms with Gasteiger partial charge in [0.05, 0.1) is 17.6 Å². The number of benzene rings is 2. The van der Waals surface area contributed by atoms with Crippen LogP contribution in [0.1, 0.15) is 29.5 Å². The average molecular weight is 354 g/mol. The smallest absolute Gasteiger partial charge is 0.338 e. The Kier molecular flexibility index (Phi) is 4.93. The minimum atomic E-state index is -0.403. The molecule has 0 spiro atoms. The van der Waals surface area contributed by atoms with E-state index in [9.17, 15) is 14.7 Å². The monoisotopic (exact) mass is 354 g/mol. The van der Waals surface area contributed by atoms with Gasteiger partial charge in [0.15, 0.2) is 0 Å². The molecule has 0 aliphatic heterocycles. The summed E-state index contributed by atoms with van der Waals surface area (Å²) in [7, 11) is 0. The molecule has 0 saturated carbocycles. The van der Waals surface area contributed by atoms with Gasteiger partial charge in [-0.2, -0.15) is 0 Å². The van der Waals surface area contributed by atoms with E-state index in [-0.39, 0.29) is 22.5 Å². The van der Waals surface area contributed by atoms with Gasteiger partial charge in [-0.25, -0.2) is 4.79 Å². The van der Waals surface area contributed by atoms with Gasteiger partial charge in [0, 0.05) is 6.07 Å². The number of carbonyl (C=O) groups excluding carboxylic acids is 1. The molecule has 6 heteroatoms. The van der Waals surface area contributed by atoms with Crippen molar-refractivity contribution in [1.82, 2.24) is 0 Å². The van der Waals surface area contributed by atoms with Crippen LogP contribution in [0.5, 0.6) is 17.2 Å². The first-order chi connectivity index (χ1) is 12.5. The molecule has 0 atom stereocenters. The molecule has 6 nitrogen and oxygen atoms in total. The maximum absolute atomic E-state index is 12.6. The Labute approximate surface area is 149 Å². The van der Waals surface area contributed by atoms with E-state index in [1.165, 1.54) is 18.2 Å². The van der Waals surface area contributed by atoms with E-state index in [4.69, 9.17) is 13.9 Å². The lowest BCUT2D eigenvalue weighted by atomic mass is 10.2. The number of hydrogen-bond acceptors (Lipinski definition) is 6. The standard InChI is InChI=1S/C20H18O6/c1-3-10-24-20(23)13-4-7-15(8-5-13)26-19-12(2)25-17-11-14(21)6-9-16(17)18(19)22/h4-9,11,21H,3,10H2,1-2H3. The second-order valence-electron chi connectivity index (χ2n) is 5.76. The van der Waals surface area contributed by atoms with Crippen molar-refractivity contribution in [3.8, 4) is 17.2 Å².